The number of nitrogens with zero attached hydrogens (tertiary/aromatic N) is 3. The monoisotopic (exact) mass is 284 g/mol. The maximum atomic E-state index is 12.9. The van der Waals surface area contributed by atoms with Crippen LogP contribution in [0, 0.1) is 0 Å². The molecule has 0 bridgehead atoms. The molecule has 0 saturated carbocycles. The smallest absolute Gasteiger partial charge is 0.370 e. The van der Waals surface area contributed by atoms with Crippen molar-refractivity contribution in [1.82, 2.24) is 14.8 Å². The number of hydrogen-bond donors (Lipinski definition) is 1. The third-order valence-corrected chi connectivity index (χ3v) is 2.68. The fourth-order valence-electron chi connectivity index (χ4n) is 1.72. The number of rotatable bonds is 4. The van der Waals surface area contributed by atoms with Gasteiger partial charge in [-0.25, -0.2) is 4.98 Å². The molecule has 20 heavy (non-hydrogen) atoms. The van der Waals surface area contributed by atoms with Crippen LogP contribution in [0.25, 0.3) is 11.4 Å². The zero-order chi connectivity index (χ0) is 14.8. The fourth-order valence-corrected chi connectivity index (χ4v) is 1.72. The van der Waals surface area contributed by atoms with Crippen molar-refractivity contribution in [3.8, 4) is 11.4 Å². The van der Waals surface area contributed by atoms with Gasteiger partial charge in [0, 0.05) is 19.8 Å². The van der Waals surface area contributed by atoms with Crippen LogP contribution in [0.4, 0.5) is 19.0 Å². The molecule has 2 aromatic rings. The summed E-state index contributed by atoms with van der Waals surface area (Å²) in [6, 6.07) is 3.66. The summed E-state index contributed by atoms with van der Waals surface area (Å²) in [5, 5.41) is 6.96. The summed E-state index contributed by atoms with van der Waals surface area (Å²) in [5.41, 5.74) is -0.107. The molecule has 0 fully saturated rings. The Labute approximate surface area is 114 Å². The van der Waals surface area contributed by atoms with E-state index in [1.54, 1.807) is 19.3 Å². The van der Waals surface area contributed by atoms with Crippen molar-refractivity contribution in [3.05, 3.63) is 30.0 Å². The molecule has 2 aromatic heterocycles. The molecule has 0 aliphatic heterocycles. The Balaban J connectivity index is 2.45. The molecule has 0 unspecified atom stereocenters. The van der Waals surface area contributed by atoms with E-state index in [1.165, 1.54) is 4.68 Å². The Morgan fingerprint density at radius 2 is 2.00 bits per heavy atom. The van der Waals surface area contributed by atoms with Gasteiger partial charge in [-0.3, -0.25) is 4.68 Å². The number of aromatic nitrogens is 3. The minimum absolute atomic E-state index is 0.207. The Morgan fingerprint density at radius 3 is 2.55 bits per heavy atom. The second kappa shape index (κ2) is 5.52. The molecule has 1 N–H and O–H groups in total. The zero-order valence-corrected chi connectivity index (χ0v) is 11.2. The summed E-state index contributed by atoms with van der Waals surface area (Å²) in [6.07, 6.45) is -1.94. The van der Waals surface area contributed by atoms with Crippen LogP contribution in [0.15, 0.2) is 24.4 Å². The molecule has 4 nitrogen and oxygen atoms in total. The summed E-state index contributed by atoms with van der Waals surface area (Å²) in [5.74, 6) is 0.210. The van der Waals surface area contributed by atoms with Gasteiger partial charge < -0.3 is 5.32 Å². The van der Waals surface area contributed by atoms with E-state index in [0.717, 1.165) is 18.6 Å². The molecule has 0 amide bonds. The van der Waals surface area contributed by atoms with Crippen LogP contribution in [0.5, 0.6) is 0 Å². The molecule has 0 aliphatic rings. The average molecular weight is 284 g/mol. The quantitative estimate of drug-likeness (QED) is 0.936. The van der Waals surface area contributed by atoms with Gasteiger partial charge in [0.15, 0.2) is 0 Å². The van der Waals surface area contributed by atoms with Gasteiger partial charge in [0.2, 0.25) is 0 Å². The first-order valence-corrected chi connectivity index (χ1v) is 6.23. The molecule has 0 saturated heterocycles. The van der Waals surface area contributed by atoms with E-state index in [0.29, 0.717) is 12.2 Å². The van der Waals surface area contributed by atoms with Gasteiger partial charge in [0.05, 0.1) is 11.3 Å². The number of halogens is 3. The lowest BCUT2D eigenvalue weighted by atomic mass is 10.2. The van der Waals surface area contributed by atoms with Gasteiger partial charge in [0.25, 0.3) is 0 Å². The highest BCUT2D eigenvalue weighted by atomic mass is 19.4. The normalized spacial score (nSPS) is 11.7. The molecular weight excluding hydrogens is 269 g/mol. The van der Waals surface area contributed by atoms with Gasteiger partial charge in [-0.15, -0.1) is 0 Å². The van der Waals surface area contributed by atoms with E-state index in [-0.39, 0.29) is 11.5 Å². The van der Waals surface area contributed by atoms with Crippen molar-refractivity contribution in [2.45, 2.75) is 19.5 Å². The largest absolute Gasteiger partial charge is 0.416 e. The second-order valence-corrected chi connectivity index (χ2v) is 4.43. The highest BCUT2D eigenvalue weighted by Gasteiger charge is 2.32. The molecule has 0 atom stereocenters. The molecule has 0 spiro atoms. The van der Waals surface area contributed by atoms with Crippen molar-refractivity contribution in [3.63, 3.8) is 0 Å². The maximum absolute atomic E-state index is 12.9. The van der Waals surface area contributed by atoms with Crippen LogP contribution >= 0.6 is 0 Å². The third kappa shape index (κ3) is 3.28. The van der Waals surface area contributed by atoms with Crippen molar-refractivity contribution >= 4 is 5.82 Å². The Kier molecular flexibility index (Phi) is 3.96. The summed E-state index contributed by atoms with van der Waals surface area (Å²) in [7, 11) is 1.70. The van der Waals surface area contributed by atoms with Crippen molar-refractivity contribution in [2.24, 2.45) is 7.05 Å². The minimum atomic E-state index is -4.41. The molecule has 2 rings (SSSR count). The molecule has 2 heterocycles. The van der Waals surface area contributed by atoms with Crippen LogP contribution < -0.4 is 5.32 Å². The van der Waals surface area contributed by atoms with E-state index in [9.17, 15) is 13.2 Å². The molecule has 108 valence electrons. The number of anilines is 1. The lowest BCUT2D eigenvalue weighted by Crippen LogP contribution is -2.09. The molecule has 0 aliphatic carbocycles. The molecular formula is C13H15F3N4. The first-order valence-electron chi connectivity index (χ1n) is 6.23. The zero-order valence-electron chi connectivity index (χ0n) is 11.2. The fraction of sp³-hybridized carbons (Fsp3) is 0.385. The minimum Gasteiger partial charge on any atom is -0.370 e. The lowest BCUT2D eigenvalue weighted by Gasteiger charge is -2.11. The third-order valence-electron chi connectivity index (χ3n) is 2.68. The van der Waals surface area contributed by atoms with Crippen molar-refractivity contribution < 1.29 is 13.2 Å². The molecule has 0 aromatic carbocycles. The van der Waals surface area contributed by atoms with Crippen LogP contribution in [0.2, 0.25) is 0 Å². The Morgan fingerprint density at radius 1 is 1.25 bits per heavy atom. The number of nitrogens with one attached hydrogen (secondary N) is 1. The van der Waals surface area contributed by atoms with Gasteiger partial charge in [-0.1, -0.05) is 6.92 Å². The highest BCUT2D eigenvalue weighted by molar-refractivity contribution is 5.59. The Bertz CT molecular complexity index is 590. The summed E-state index contributed by atoms with van der Waals surface area (Å²) < 4.78 is 40.3. The first-order chi connectivity index (χ1) is 9.40. The second-order valence-electron chi connectivity index (χ2n) is 4.43. The molecule has 0 radical (unpaired) electrons. The number of alkyl halides is 3. The Hall–Kier alpha value is -2.05. The van der Waals surface area contributed by atoms with E-state index in [4.69, 9.17) is 0 Å². The number of pyridine rings is 1. The van der Waals surface area contributed by atoms with Crippen LogP contribution in [-0.4, -0.2) is 21.3 Å². The topological polar surface area (TPSA) is 42.7 Å². The lowest BCUT2D eigenvalue weighted by molar-refractivity contribution is -0.137. The van der Waals surface area contributed by atoms with Gasteiger partial charge in [-0.05, 0) is 24.6 Å². The average Bonchev–Trinajstić information content (AvgIpc) is 2.82. The summed E-state index contributed by atoms with van der Waals surface area (Å²) >= 11 is 0. The van der Waals surface area contributed by atoms with E-state index in [2.05, 4.69) is 15.4 Å². The number of hydrogen-bond acceptors (Lipinski definition) is 3. The van der Waals surface area contributed by atoms with E-state index in [1.807, 2.05) is 6.92 Å². The summed E-state index contributed by atoms with van der Waals surface area (Å²) in [6.45, 7) is 2.50. The van der Waals surface area contributed by atoms with Crippen molar-refractivity contribution in [2.75, 3.05) is 11.9 Å². The van der Waals surface area contributed by atoms with Gasteiger partial charge in [-0.2, -0.15) is 18.3 Å². The number of aryl methyl sites for hydroxylation is 1. The predicted molar refractivity (Wildman–Crippen MR) is 70.2 cm³/mol. The van der Waals surface area contributed by atoms with E-state index >= 15 is 0 Å². The van der Waals surface area contributed by atoms with Gasteiger partial charge in [0.1, 0.15) is 11.5 Å². The SMILES string of the molecule is CCCNc1cc(C(F)(F)F)cc(-c2ccn(C)n2)n1. The maximum Gasteiger partial charge on any atom is 0.416 e. The molecule has 7 heteroatoms. The summed E-state index contributed by atoms with van der Waals surface area (Å²) in [4.78, 5) is 4.18. The van der Waals surface area contributed by atoms with Crippen LogP contribution in [-0.2, 0) is 13.2 Å². The highest BCUT2D eigenvalue weighted by Crippen LogP contribution is 2.32. The van der Waals surface area contributed by atoms with Gasteiger partial charge >= 0.3 is 6.18 Å². The first kappa shape index (κ1) is 14.4. The van der Waals surface area contributed by atoms with Crippen LogP contribution in [0.3, 0.4) is 0 Å². The van der Waals surface area contributed by atoms with Crippen LogP contribution in [0.1, 0.15) is 18.9 Å². The predicted octanol–water partition coefficient (Wildman–Crippen LogP) is 3.32. The van der Waals surface area contributed by atoms with E-state index < -0.39 is 11.7 Å². The van der Waals surface area contributed by atoms with Crippen molar-refractivity contribution in [1.29, 1.82) is 0 Å². The standard InChI is InChI=1S/C13H15F3N4/c1-3-5-17-12-8-9(13(14,15)16)7-11(18-12)10-4-6-20(2)19-10/h4,6-8H,3,5H2,1-2H3,(H,17,18).